The minimum atomic E-state index is -3.55. The Morgan fingerprint density at radius 2 is 1.84 bits per heavy atom. The van der Waals surface area contributed by atoms with Gasteiger partial charge in [-0.05, 0) is 49.7 Å². The minimum Gasteiger partial charge on any atom is -0.328 e. The van der Waals surface area contributed by atoms with Crippen LogP contribution in [-0.4, -0.2) is 41.3 Å². The Morgan fingerprint density at radius 3 is 2.48 bits per heavy atom. The van der Waals surface area contributed by atoms with Crippen molar-refractivity contribution in [1.82, 2.24) is 13.9 Å². The molecule has 1 N–H and O–H groups in total. The van der Waals surface area contributed by atoms with Crippen LogP contribution in [0.4, 0.5) is 5.69 Å². The van der Waals surface area contributed by atoms with Crippen LogP contribution in [0.25, 0.3) is 11.0 Å². The number of nitrogens with one attached hydrogen (secondary N) is 1. The van der Waals surface area contributed by atoms with Crippen LogP contribution in [0, 0.1) is 6.92 Å². The van der Waals surface area contributed by atoms with Gasteiger partial charge in [-0.1, -0.05) is 26.0 Å². The summed E-state index contributed by atoms with van der Waals surface area (Å²) in [5.41, 5.74) is 3.36. The lowest BCUT2D eigenvalue weighted by Gasteiger charge is -2.18. The number of aryl methyl sites for hydroxylation is 3. The van der Waals surface area contributed by atoms with Gasteiger partial charge in [0.1, 0.15) is 5.82 Å². The summed E-state index contributed by atoms with van der Waals surface area (Å²) in [7, 11) is -3.55. The van der Waals surface area contributed by atoms with Crippen LogP contribution in [-0.2, 0) is 27.8 Å². The lowest BCUT2D eigenvalue weighted by atomic mass is 10.2. The lowest BCUT2D eigenvalue weighted by Crippen LogP contribution is -2.30. The van der Waals surface area contributed by atoms with Crippen LogP contribution in [0.15, 0.2) is 47.4 Å². The monoisotopic (exact) mass is 442 g/mol. The number of anilines is 1. The highest BCUT2D eigenvalue weighted by Crippen LogP contribution is 2.23. The maximum absolute atomic E-state index is 12.9. The highest BCUT2D eigenvalue weighted by Gasteiger charge is 2.23. The predicted octanol–water partition coefficient (Wildman–Crippen LogP) is 3.97. The first-order chi connectivity index (χ1) is 14.8. The van der Waals surface area contributed by atoms with Gasteiger partial charge in [-0.3, -0.25) is 4.79 Å². The minimum absolute atomic E-state index is 0.0786. The summed E-state index contributed by atoms with van der Waals surface area (Å²) in [6.07, 6.45) is 0.764. The first kappa shape index (κ1) is 23.0. The molecule has 3 aromatic rings. The second-order valence-corrected chi connectivity index (χ2v) is 9.37. The van der Waals surface area contributed by atoms with E-state index < -0.39 is 10.0 Å². The second-order valence-electron chi connectivity index (χ2n) is 7.43. The number of nitrogens with zero attached hydrogens (tertiary/aromatic N) is 3. The number of amides is 1. The van der Waals surface area contributed by atoms with Crippen LogP contribution >= 0.6 is 0 Å². The molecule has 1 heterocycles. The molecule has 7 nitrogen and oxygen atoms in total. The number of sulfonamides is 1. The van der Waals surface area contributed by atoms with Crippen molar-refractivity contribution in [2.24, 2.45) is 0 Å². The number of carbonyl (C=O) groups excluding carboxylic acids is 1. The van der Waals surface area contributed by atoms with Crippen molar-refractivity contribution < 1.29 is 13.2 Å². The molecule has 0 saturated carbocycles. The van der Waals surface area contributed by atoms with E-state index in [9.17, 15) is 13.2 Å². The molecule has 0 spiro atoms. The third kappa shape index (κ3) is 4.97. The van der Waals surface area contributed by atoms with E-state index in [0.29, 0.717) is 38.0 Å². The summed E-state index contributed by atoms with van der Waals surface area (Å²) in [5.74, 6) is 0.694. The number of rotatable bonds is 9. The van der Waals surface area contributed by atoms with E-state index in [1.165, 1.54) is 4.31 Å². The number of fused-ring (bicyclic) bond motifs is 1. The number of hydrogen-bond acceptors (Lipinski definition) is 4. The van der Waals surface area contributed by atoms with Gasteiger partial charge in [0.2, 0.25) is 15.9 Å². The normalized spacial score (nSPS) is 11.9. The number of benzene rings is 2. The highest BCUT2D eigenvalue weighted by molar-refractivity contribution is 7.89. The zero-order valence-electron chi connectivity index (χ0n) is 18.6. The molecule has 166 valence electrons. The Bertz CT molecular complexity index is 1180. The van der Waals surface area contributed by atoms with Crippen molar-refractivity contribution in [1.29, 1.82) is 0 Å². The summed E-state index contributed by atoms with van der Waals surface area (Å²) in [6, 6.07) is 12.8. The average molecular weight is 443 g/mol. The fourth-order valence-electron chi connectivity index (χ4n) is 3.75. The number of imidazole rings is 1. The van der Waals surface area contributed by atoms with Gasteiger partial charge in [0.25, 0.3) is 0 Å². The highest BCUT2D eigenvalue weighted by atomic mass is 32.2. The van der Waals surface area contributed by atoms with Crippen LogP contribution < -0.4 is 5.32 Å². The molecule has 3 rings (SSSR count). The quantitative estimate of drug-likeness (QED) is 0.543. The Hall–Kier alpha value is -2.71. The third-order valence-corrected chi connectivity index (χ3v) is 7.38. The third-order valence-electron chi connectivity index (χ3n) is 5.34. The fourth-order valence-corrected chi connectivity index (χ4v) is 5.23. The van der Waals surface area contributed by atoms with Crippen LogP contribution in [0.3, 0.4) is 0 Å². The fraction of sp³-hybridized carbons (Fsp3) is 0.391. The Morgan fingerprint density at radius 1 is 1.10 bits per heavy atom. The number of hydrogen-bond donors (Lipinski definition) is 1. The molecule has 0 atom stereocenters. The van der Waals surface area contributed by atoms with Gasteiger partial charge in [0.05, 0.1) is 15.9 Å². The van der Waals surface area contributed by atoms with E-state index >= 15 is 0 Å². The first-order valence-electron chi connectivity index (χ1n) is 10.7. The SMILES string of the molecule is CCN(CC)S(=O)(=O)c1ccc2c(c1)nc(CCC(=O)Nc1cccc(C)c1)n2CC. The van der Waals surface area contributed by atoms with Gasteiger partial charge in [0, 0.05) is 38.2 Å². The maximum Gasteiger partial charge on any atom is 0.243 e. The first-order valence-corrected chi connectivity index (χ1v) is 12.1. The summed E-state index contributed by atoms with van der Waals surface area (Å²) in [4.78, 5) is 17.3. The van der Waals surface area contributed by atoms with Crippen LogP contribution in [0.2, 0.25) is 0 Å². The summed E-state index contributed by atoms with van der Waals surface area (Å²) in [5, 5.41) is 2.92. The second kappa shape index (κ2) is 9.62. The molecule has 0 bridgehead atoms. The smallest absolute Gasteiger partial charge is 0.243 e. The van der Waals surface area contributed by atoms with E-state index in [1.807, 2.05) is 56.5 Å². The molecule has 0 fully saturated rings. The topological polar surface area (TPSA) is 84.3 Å². The Balaban J connectivity index is 1.82. The van der Waals surface area contributed by atoms with Gasteiger partial charge in [-0.2, -0.15) is 4.31 Å². The number of aromatic nitrogens is 2. The van der Waals surface area contributed by atoms with Gasteiger partial charge in [-0.15, -0.1) is 0 Å². The van der Waals surface area contributed by atoms with Crippen molar-refractivity contribution in [3.63, 3.8) is 0 Å². The standard InChI is InChI=1S/C23H30N4O3S/c1-5-26(6-2)31(29,30)19-11-12-21-20(16-19)25-22(27(21)7-3)13-14-23(28)24-18-10-8-9-17(4)15-18/h8-12,15-16H,5-7,13-14H2,1-4H3,(H,24,28). The van der Waals surface area contributed by atoms with Gasteiger partial charge >= 0.3 is 0 Å². The van der Waals surface area contributed by atoms with Crippen LogP contribution in [0.5, 0.6) is 0 Å². The molecule has 0 radical (unpaired) electrons. The lowest BCUT2D eigenvalue weighted by molar-refractivity contribution is -0.116. The van der Waals surface area contributed by atoms with E-state index in [0.717, 1.165) is 22.6 Å². The van der Waals surface area contributed by atoms with Crippen molar-refractivity contribution >= 4 is 32.7 Å². The largest absolute Gasteiger partial charge is 0.328 e. The summed E-state index contributed by atoms with van der Waals surface area (Å²) in [6.45, 7) is 9.17. The predicted molar refractivity (Wildman–Crippen MR) is 124 cm³/mol. The van der Waals surface area contributed by atoms with E-state index in [1.54, 1.807) is 18.2 Å². The molecule has 1 amide bonds. The van der Waals surface area contributed by atoms with Crippen molar-refractivity contribution in [2.75, 3.05) is 18.4 Å². The van der Waals surface area contributed by atoms with Gasteiger partial charge in [0.15, 0.2) is 0 Å². The van der Waals surface area contributed by atoms with E-state index in [2.05, 4.69) is 10.3 Å². The Labute approximate surface area is 184 Å². The van der Waals surface area contributed by atoms with Crippen LogP contribution in [0.1, 0.15) is 38.6 Å². The molecular formula is C23H30N4O3S. The molecule has 8 heteroatoms. The molecule has 0 aliphatic heterocycles. The van der Waals surface area contributed by atoms with Gasteiger partial charge < -0.3 is 9.88 Å². The van der Waals surface area contributed by atoms with Gasteiger partial charge in [-0.25, -0.2) is 13.4 Å². The zero-order valence-corrected chi connectivity index (χ0v) is 19.4. The zero-order chi connectivity index (χ0) is 22.6. The van der Waals surface area contributed by atoms with Crippen molar-refractivity contribution in [3.8, 4) is 0 Å². The number of carbonyl (C=O) groups is 1. The van der Waals surface area contributed by atoms with E-state index in [4.69, 9.17) is 0 Å². The molecule has 2 aromatic carbocycles. The van der Waals surface area contributed by atoms with Crippen molar-refractivity contribution in [3.05, 3.63) is 53.9 Å². The molecule has 31 heavy (non-hydrogen) atoms. The molecule has 0 aliphatic rings. The molecule has 0 saturated heterocycles. The van der Waals surface area contributed by atoms with E-state index in [-0.39, 0.29) is 10.8 Å². The average Bonchev–Trinajstić information content (AvgIpc) is 3.09. The summed E-state index contributed by atoms with van der Waals surface area (Å²) < 4.78 is 29.2. The van der Waals surface area contributed by atoms with Crippen molar-refractivity contribution in [2.45, 2.75) is 52.0 Å². The Kier molecular flexibility index (Phi) is 7.12. The molecule has 0 aliphatic carbocycles. The molecule has 1 aromatic heterocycles. The molecular weight excluding hydrogens is 412 g/mol. The molecule has 0 unspecified atom stereocenters. The maximum atomic E-state index is 12.9. The summed E-state index contributed by atoms with van der Waals surface area (Å²) >= 11 is 0.